The van der Waals surface area contributed by atoms with Gasteiger partial charge in [0.1, 0.15) is 0 Å². The van der Waals surface area contributed by atoms with Gasteiger partial charge in [-0.25, -0.2) is 0 Å². The highest BCUT2D eigenvalue weighted by atomic mass is 16.1. The molecule has 0 aliphatic rings. The van der Waals surface area contributed by atoms with Gasteiger partial charge in [-0.1, -0.05) is 38.5 Å². The van der Waals surface area contributed by atoms with Crippen molar-refractivity contribution in [1.82, 2.24) is 0 Å². The predicted molar refractivity (Wildman–Crippen MR) is 53.0 cm³/mol. The van der Waals surface area contributed by atoms with Crippen LogP contribution in [0.3, 0.4) is 0 Å². The summed E-state index contributed by atoms with van der Waals surface area (Å²) in [6.45, 7) is 4.25. The minimum Gasteiger partial charge on any atom is -0.366 e. The maximum Gasteiger partial charge on any atom is 0.248 e. The van der Waals surface area contributed by atoms with Crippen LogP contribution in [0.15, 0.2) is 30.3 Å². The molecule has 0 aromatic heterocycles. The second kappa shape index (κ2) is 6.40. The van der Waals surface area contributed by atoms with Gasteiger partial charge in [0, 0.05) is 6.99 Å². The molecule has 1 rings (SSSR count). The Morgan fingerprint density at radius 1 is 1.33 bits per heavy atom. The molecule has 1 aromatic carbocycles. The summed E-state index contributed by atoms with van der Waals surface area (Å²) in [6.07, 6.45) is 1.25. The van der Waals surface area contributed by atoms with E-state index in [0.29, 0.717) is 5.56 Å². The summed E-state index contributed by atoms with van der Waals surface area (Å²) in [6, 6.07) is 8.76. The van der Waals surface area contributed by atoms with E-state index in [1.807, 2.05) is 6.07 Å². The Balaban J connectivity index is 0. The zero-order chi connectivity index (χ0) is 9.40. The number of carbonyl (C=O) groups excluding carboxylic acids is 1. The zero-order valence-corrected chi connectivity index (χ0v) is 7.58. The topological polar surface area (TPSA) is 43.1 Å². The van der Waals surface area contributed by atoms with Gasteiger partial charge in [-0.3, -0.25) is 4.79 Å². The molecule has 68 valence electrons. The quantitative estimate of drug-likeness (QED) is 0.686. The number of hydrogen-bond donors (Lipinski definition) is 1. The van der Waals surface area contributed by atoms with Crippen molar-refractivity contribution in [3.63, 3.8) is 0 Å². The highest BCUT2D eigenvalue weighted by Crippen LogP contribution is 1.94. The van der Waals surface area contributed by atoms with Gasteiger partial charge in [0.2, 0.25) is 5.91 Å². The summed E-state index contributed by atoms with van der Waals surface area (Å²) in [5.41, 5.74) is 5.53. The van der Waals surface area contributed by atoms with Crippen LogP contribution < -0.4 is 5.73 Å². The average molecular weight is 167 g/mol. The van der Waals surface area contributed by atoms with E-state index in [2.05, 4.69) is 13.8 Å². The summed E-state index contributed by atoms with van der Waals surface area (Å²) >= 11 is 0. The Morgan fingerprint density at radius 3 is 2.00 bits per heavy atom. The average Bonchev–Trinajstić information content (AvgIpc) is 2.07. The molecular formula is C10H17NO. The van der Waals surface area contributed by atoms with Crippen LogP contribution in [0.25, 0.3) is 0 Å². The lowest BCUT2D eigenvalue weighted by molar-refractivity contribution is 0.100. The first-order valence-electron chi connectivity index (χ1n) is 4.07. The molecule has 0 heterocycles. The maximum atomic E-state index is 10.4. The smallest absolute Gasteiger partial charge is 0.248 e. The number of carbonyl (C=O) groups is 1. The number of amides is 1. The predicted octanol–water partition coefficient (Wildman–Crippen LogP) is 2.45. The molecule has 1 amide bonds. The Morgan fingerprint density at radius 2 is 1.75 bits per heavy atom. The van der Waals surface area contributed by atoms with Gasteiger partial charge in [-0.05, 0) is 12.1 Å². The van der Waals surface area contributed by atoms with Crippen molar-refractivity contribution in [2.45, 2.75) is 20.3 Å². The van der Waals surface area contributed by atoms with Crippen molar-refractivity contribution in [3.8, 4) is 0 Å². The Hall–Kier alpha value is -1.31. The molecule has 0 aliphatic carbocycles. The fraction of sp³-hybridized carbons (Fsp3) is 0.300. The van der Waals surface area contributed by atoms with Crippen LogP contribution in [0, 0.1) is 0 Å². The third-order valence-electron chi connectivity index (χ3n) is 1.06. The minimum atomic E-state index is -0.379. The number of primary amides is 1. The van der Waals surface area contributed by atoms with E-state index in [0.717, 1.165) is 0 Å². The van der Waals surface area contributed by atoms with E-state index in [9.17, 15) is 4.79 Å². The van der Waals surface area contributed by atoms with Crippen molar-refractivity contribution < 1.29 is 6.22 Å². The zero-order valence-electron chi connectivity index (χ0n) is 7.58. The Labute approximate surface area is 74.9 Å². The molecule has 0 spiro atoms. The van der Waals surface area contributed by atoms with Gasteiger partial charge >= 0.3 is 0 Å². The third kappa shape index (κ3) is 4.50. The molecule has 1 aromatic rings. The highest BCUT2D eigenvalue weighted by molar-refractivity contribution is 5.92. The minimum absolute atomic E-state index is 0. The van der Waals surface area contributed by atoms with Crippen LogP contribution in [0.5, 0.6) is 0 Å². The van der Waals surface area contributed by atoms with Crippen molar-refractivity contribution in [1.29, 1.82) is 0 Å². The van der Waals surface area contributed by atoms with Gasteiger partial charge in [-0.15, -0.1) is 0 Å². The van der Waals surface area contributed by atoms with E-state index < -0.39 is 0 Å². The first-order valence-corrected chi connectivity index (χ1v) is 4.07. The first-order chi connectivity index (χ1) is 5.72. The van der Waals surface area contributed by atoms with Crippen LogP contribution in [-0.4, -0.2) is 5.91 Å². The molecule has 0 radical (unpaired) electrons. The molecular weight excluding hydrogens is 150 g/mol. The lowest BCUT2D eigenvalue weighted by Crippen LogP contribution is -2.09. The third-order valence-corrected chi connectivity index (χ3v) is 1.06. The number of benzene rings is 1. The highest BCUT2D eigenvalue weighted by Gasteiger charge is 1.93. The van der Waals surface area contributed by atoms with Crippen molar-refractivity contribution in [2.24, 2.45) is 5.73 Å². The number of nitrogens with two attached hydrogens (primary N) is 1. The van der Waals surface area contributed by atoms with E-state index in [4.69, 9.17) is 5.73 Å². The molecule has 0 unspecified atom stereocenters. The lowest BCUT2D eigenvalue weighted by Gasteiger charge is -1.89. The Kier molecular flexibility index (Phi) is 5.70. The molecule has 2 nitrogen and oxygen atoms in total. The molecule has 0 saturated carbocycles. The van der Waals surface area contributed by atoms with Crippen LogP contribution in [0.4, 0.5) is 0 Å². The maximum absolute atomic E-state index is 10.4. The van der Waals surface area contributed by atoms with Gasteiger partial charge in [-0.2, -0.15) is 0 Å². The number of hydrogen-bond acceptors (Lipinski definition) is 1. The van der Waals surface area contributed by atoms with Gasteiger partial charge in [0.25, 0.3) is 0 Å². The number of rotatable bonds is 1. The fourth-order valence-electron chi connectivity index (χ4n) is 0.602. The molecule has 0 bridgehead atoms. The largest absolute Gasteiger partial charge is 0.366 e. The van der Waals surface area contributed by atoms with Gasteiger partial charge in [0.15, 0.2) is 0 Å². The van der Waals surface area contributed by atoms with E-state index in [1.165, 1.54) is 6.42 Å². The SMILES string of the molecule is CCC.NC(=O)c1ccccc1.[HH]. The second-order valence-electron chi connectivity index (χ2n) is 2.44. The fourth-order valence-corrected chi connectivity index (χ4v) is 0.602. The monoisotopic (exact) mass is 167 g/mol. The van der Waals surface area contributed by atoms with Gasteiger partial charge < -0.3 is 5.73 Å². The van der Waals surface area contributed by atoms with E-state index in [-0.39, 0.29) is 7.33 Å². The molecule has 2 N–H and O–H groups in total. The van der Waals surface area contributed by atoms with E-state index in [1.54, 1.807) is 24.3 Å². The molecule has 0 saturated heterocycles. The van der Waals surface area contributed by atoms with Crippen LogP contribution in [0.2, 0.25) is 0 Å². The lowest BCUT2D eigenvalue weighted by atomic mass is 10.2. The van der Waals surface area contributed by atoms with Crippen molar-refractivity contribution >= 4 is 5.91 Å². The molecule has 12 heavy (non-hydrogen) atoms. The van der Waals surface area contributed by atoms with Crippen LogP contribution in [0.1, 0.15) is 32.1 Å². The normalized spacial score (nSPS) is 8.17. The summed E-state index contributed by atoms with van der Waals surface area (Å²) in [7, 11) is 0. The second-order valence-corrected chi connectivity index (χ2v) is 2.44. The molecule has 2 heteroatoms. The van der Waals surface area contributed by atoms with Gasteiger partial charge in [0.05, 0.1) is 0 Å². The summed E-state index contributed by atoms with van der Waals surface area (Å²) < 4.78 is 0. The molecule has 0 aliphatic heterocycles. The summed E-state index contributed by atoms with van der Waals surface area (Å²) in [5.74, 6) is -0.379. The summed E-state index contributed by atoms with van der Waals surface area (Å²) in [4.78, 5) is 10.4. The standard InChI is InChI=1S/C7H7NO.C3H8.H2/c8-7(9)6-4-2-1-3-5-6;1-3-2;/h1-5H,(H2,8,9);3H2,1-2H3;1H. The van der Waals surface area contributed by atoms with Crippen molar-refractivity contribution in [2.75, 3.05) is 0 Å². The molecule has 0 atom stereocenters. The van der Waals surface area contributed by atoms with Crippen molar-refractivity contribution in [3.05, 3.63) is 35.9 Å². The first kappa shape index (κ1) is 10.7. The molecule has 0 fully saturated rings. The summed E-state index contributed by atoms with van der Waals surface area (Å²) in [5, 5.41) is 0. The van der Waals surface area contributed by atoms with E-state index >= 15 is 0 Å². The Bertz CT molecular complexity index is 224. The van der Waals surface area contributed by atoms with Crippen LogP contribution >= 0.6 is 0 Å². The van der Waals surface area contributed by atoms with Crippen LogP contribution in [-0.2, 0) is 0 Å².